The minimum atomic E-state index is -0.832. The number of carboxylic acid groups (broad SMARTS) is 1. The molecule has 1 aliphatic rings. The molecule has 0 aromatic carbocycles. The van der Waals surface area contributed by atoms with E-state index in [1.165, 1.54) is 4.88 Å². The third-order valence-corrected chi connectivity index (χ3v) is 4.82. The highest BCUT2D eigenvalue weighted by Gasteiger charge is 2.30. The Morgan fingerprint density at radius 1 is 1.48 bits per heavy atom. The number of carbonyl (C=O) groups is 2. The summed E-state index contributed by atoms with van der Waals surface area (Å²) in [6.45, 7) is 1.33. The second kappa shape index (κ2) is 7.45. The monoisotopic (exact) mass is 310 g/mol. The van der Waals surface area contributed by atoms with E-state index >= 15 is 0 Å². The Labute approximate surface area is 129 Å². The van der Waals surface area contributed by atoms with Gasteiger partial charge in [0.15, 0.2) is 0 Å². The SMILES string of the molecule is CN(CCc1cccs1)C(=O)N1CCCCC1CC(=O)O. The normalized spacial score (nSPS) is 18.5. The van der Waals surface area contributed by atoms with E-state index in [0.29, 0.717) is 13.1 Å². The summed E-state index contributed by atoms with van der Waals surface area (Å²) in [5, 5.41) is 11.0. The first-order chi connectivity index (χ1) is 10.1. The van der Waals surface area contributed by atoms with Gasteiger partial charge in [0.25, 0.3) is 0 Å². The Morgan fingerprint density at radius 3 is 2.95 bits per heavy atom. The second-order valence-electron chi connectivity index (χ2n) is 5.47. The summed E-state index contributed by atoms with van der Waals surface area (Å²) in [7, 11) is 1.79. The lowest BCUT2D eigenvalue weighted by Crippen LogP contribution is -2.50. The number of urea groups is 1. The maximum Gasteiger partial charge on any atom is 0.320 e. The van der Waals surface area contributed by atoms with Crippen LogP contribution in [0.5, 0.6) is 0 Å². The number of carboxylic acids is 1. The molecule has 6 heteroatoms. The van der Waals surface area contributed by atoms with Gasteiger partial charge in [0.05, 0.1) is 6.42 Å². The molecule has 0 saturated carbocycles. The van der Waals surface area contributed by atoms with Crippen LogP contribution in [-0.4, -0.2) is 53.1 Å². The number of aliphatic carboxylic acids is 1. The van der Waals surface area contributed by atoms with Gasteiger partial charge in [-0.05, 0) is 37.1 Å². The topological polar surface area (TPSA) is 60.9 Å². The highest BCUT2D eigenvalue weighted by molar-refractivity contribution is 7.09. The molecule has 1 N–H and O–H groups in total. The van der Waals surface area contributed by atoms with E-state index in [-0.39, 0.29) is 18.5 Å². The van der Waals surface area contributed by atoms with Crippen molar-refractivity contribution in [3.8, 4) is 0 Å². The molecule has 0 aliphatic carbocycles. The maximum atomic E-state index is 12.5. The third kappa shape index (κ3) is 4.46. The van der Waals surface area contributed by atoms with Gasteiger partial charge in [-0.1, -0.05) is 6.07 Å². The largest absolute Gasteiger partial charge is 0.481 e. The molecule has 1 unspecified atom stereocenters. The first-order valence-electron chi connectivity index (χ1n) is 7.34. The molecule has 116 valence electrons. The van der Waals surface area contributed by atoms with Gasteiger partial charge < -0.3 is 14.9 Å². The molecule has 1 atom stereocenters. The van der Waals surface area contributed by atoms with Crippen LogP contribution in [0.3, 0.4) is 0 Å². The molecule has 2 rings (SSSR count). The summed E-state index contributed by atoms with van der Waals surface area (Å²) >= 11 is 1.69. The predicted molar refractivity (Wildman–Crippen MR) is 82.6 cm³/mol. The lowest BCUT2D eigenvalue weighted by atomic mass is 10.00. The highest BCUT2D eigenvalue weighted by atomic mass is 32.1. The minimum absolute atomic E-state index is 0.0440. The van der Waals surface area contributed by atoms with Crippen LogP contribution in [0.4, 0.5) is 4.79 Å². The molecular weight excluding hydrogens is 288 g/mol. The molecule has 2 heterocycles. The van der Waals surface area contributed by atoms with Crippen molar-refractivity contribution in [2.24, 2.45) is 0 Å². The molecule has 0 bridgehead atoms. The highest BCUT2D eigenvalue weighted by Crippen LogP contribution is 2.21. The van der Waals surface area contributed by atoms with E-state index in [1.807, 2.05) is 11.4 Å². The van der Waals surface area contributed by atoms with Crippen LogP contribution in [0.25, 0.3) is 0 Å². The van der Waals surface area contributed by atoms with Crippen LogP contribution < -0.4 is 0 Å². The fourth-order valence-electron chi connectivity index (χ4n) is 2.71. The quantitative estimate of drug-likeness (QED) is 0.909. The number of thiophene rings is 1. The van der Waals surface area contributed by atoms with Crippen molar-refractivity contribution in [3.63, 3.8) is 0 Å². The second-order valence-corrected chi connectivity index (χ2v) is 6.51. The molecule has 1 aliphatic heterocycles. The third-order valence-electron chi connectivity index (χ3n) is 3.88. The van der Waals surface area contributed by atoms with Crippen molar-refractivity contribution in [2.45, 2.75) is 38.1 Å². The summed E-state index contributed by atoms with van der Waals surface area (Å²) in [5.74, 6) is -0.832. The van der Waals surface area contributed by atoms with Crippen LogP contribution in [0.2, 0.25) is 0 Å². The van der Waals surface area contributed by atoms with Crippen molar-refractivity contribution in [1.82, 2.24) is 9.80 Å². The summed E-state index contributed by atoms with van der Waals surface area (Å²) < 4.78 is 0. The molecular formula is C15H22N2O3S. The van der Waals surface area contributed by atoms with Gasteiger partial charge in [-0.15, -0.1) is 11.3 Å². The van der Waals surface area contributed by atoms with Crippen LogP contribution in [-0.2, 0) is 11.2 Å². The molecule has 0 radical (unpaired) electrons. The summed E-state index contributed by atoms with van der Waals surface area (Å²) in [4.78, 5) is 28.2. The molecule has 1 aromatic heterocycles. The average molecular weight is 310 g/mol. The lowest BCUT2D eigenvalue weighted by Gasteiger charge is -2.37. The van der Waals surface area contributed by atoms with Crippen molar-refractivity contribution in [3.05, 3.63) is 22.4 Å². The van der Waals surface area contributed by atoms with Crippen LogP contribution in [0, 0.1) is 0 Å². The van der Waals surface area contributed by atoms with Crippen LogP contribution in [0.15, 0.2) is 17.5 Å². The van der Waals surface area contributed by atoms with Crippen molar-refractivity contribution in [2.75, 3.05) is 20.1 Å². The van der Waals surface area contributed by atoms with Crippen molar-refractivity contribution in [1.29, 1.82) is 0 Å². The Bertz CT molecular complexity index is 475. The number of likely N-dealkylation sites (N-methyl/N-ethyl adjacent to an activating group) is 1. The van der Waals surface area contributed by atoms with Crippen LogP contribution in [0.1, 0.15) is 30.6 Å². The predicted octanol–water partition coefficient (Wildman–Crippen LogP) is 2.67. The van der Waals surface area contributed by atoms with E-state index in [9.17, 15) is 9.59 Å². The van der Waals surface area contributed by atoms with Gasteiger partial charge in [-0.25, -0.2) is 4.79 Å². The van der Waals surface area contributed by atoms with Gasteiger partial charge in [-0.3, -0.25) is 4.79 Å². The summed E-state index contributed by atoms with van der Waals surface area (Å²) in [6.07, 6.45) is 3.64. The Morgan fingerprint density at radius 2 is 2.29 bits per heavy atom. The Hall–Kier alpha value is -1.56. The number of likely N-dealkylation sites (tertiary alicyclic amines) is 1. The number of hydrogen-bond donors (Lipinski definition) is 1. The molecule has 21 heavy (non-hydrogen) atoms. The van der Waals surface area contributed by atoms with Crippen molar-refractivity contribution < 1.29 is 14.7 Å². The van der Waals surface area contributed by atoms with E-state index in [4.69, 9.17) is 5.11 Å². The standard InChI is InChI=1S/C15H22N2O3S/c1-16(9-7-13-6-4-10-21-13)15(20)17-8-3-2-5-12(17)11-14(18)19/h4,6,10,12H,2-3,5,7-9,11H2,1H3,(H,18,19). The average Bonchev–Trinajstić information content (AvgIpc) is 2.97. The number of nitrogens with zero attached hydrogens (tertiary/aromatic N) is 2. The zero-order valence-electron chi connectivity index (χ0n) is 12.3. The van der Waals surface area contributed by atoms with E-state index in [2.05, 4.69) is 6.07 Å². The first kappa shape index (κ1) is 15.8. The maximum absolute atomic E-state index is 12.5. The van der Waals surface area contributed by atoms with Crippen molar-refractivity contribution >= 4 is 23.3 Å². The van der Waals surface area contributed by atoms with Gasteiger partial charge in [0.2, 0.25) is 0 Å². The molecule has 0 spiro atoms. The number of rotatable bonds is 5. The van der Waals surface area contributed by atoms with Crippen LogP contribution >= 0.6 is 11.3 Å². The molecule has 5 nitrogen and oxygen atoms in total. The van der Waals surface area contributed by atoms with Gasteiger partial charge >= 0.3 is 12.0 Å². The zero-order chi connectivity index (χ0) is 15.2. The lowest BCUT2D eigenvalue weighted by molar-refractivity contribution is -0.138. The Balaban J connectivity index is 1.90. The molecule has 2 amide bonds. The number of carbonyl (C=O) groups excluding carboxylic acids is 1. The smallest absolute Gasteiger partial charge is 0.320 e. The summed E-state index contributed by atoms with van der Waals surface area (Å²) in [5.41, 5.74) is 0. The first-order valence-corrected chi connectivity index (χ1v) is 8.22. The number of piperidine rings is 1. The fourth-order valence-corrected chi connectivity index (χ4v) is 3.41. The molecule has 1 fully saturated rings. The molecule has 1 saturated heterocycles. The zero-order valence-corrected chi connectivity index (χ0v) is 13.1. The van der Waals surface area contributed by atoms with Gasteiger partial charge in [0, 0.05) is 31.1 Å². The number of amides is 2. The molecule has 1 aromatic rings. The fraction of sp³-hybridized carbons (Fsp3) is 0.600. The van der Waals surface area contributed by atoms with E-state index < -0.39 is 5.97 Å². The van der Waals surface area contributed by atoms with Gasteiger partial charge in [0.1, 0.15) is 0 Å². The summed E-state index contributed by atoms with van der Waals surface area (Å²) in [6, 6.07) is 3.87. The minimum Gasteiger partial charge on any atom is -0.481 e. The van der Waals surface area contributed by atoms with E-state index in [1.54, 1.807) is 28.2 Å². The van der Waals surface area contributed by atoms with Gasteiger partial charge in [-0.2, -0.15) is 0 Å². The Kier molecular flexibility index (Phi) is 5.61. The van der Waals surface area contributed by atoms with E-state index in [0.717, 1.165) is 25.7 Å². The number of hydrogen-bond acceptors (Lipinski definition) is 3.